The SMILES string of the molecule is O=C(COc1cccc(-c2nc3c(c(Nc4ccc(-c5cn[nH]c5)cc4)n2)COC3)c1)NC1CC1. The molecule has 1 aliphatic carbocycles. The third-order valence-corrected chi connectivity index (χ3v) is 5.96. The Morgan fingerprint density at radius 1 is 1.06 bits per heavy atom. The number of hydrogen-bond donors (Lipinski definition) is 3. The van der Waals surface area contributed by atoms with Gasteiger partial charge in [-0.1, -0.05) is 24.3 Å². The third kappa shape index (κ3) is 4.85. The van der Waals surface area contributed by atoms with Crippen molar-refractivity contribution in [2.75, 3.05) is 11.9 Å². The standard InChI is InChI=1S/C26H24N6O3/c33-24(29-19-8-9-19)15-35-21-3-1-2-17(10-21)25-31-23-14-34-13-22(23)26(32-25)30-20-6-4-16(5-7-20)18-11-27-28-12-18/h1-7,10-12,19H,8-9,13-15H2,(H,27,28)(H,29,33)(H,30,31,32). The van der Waals surface area contributed by atoms with Gasteiger partial charge in [-0.25, -0.2) is 9.97 Å². The lowest BCUT2D eigenvalue weighted by Crippen LogP contribution is -2.30. The van der Waals surface area contributed by atoms with Crippen LogP contribution in [0.1, 0.15) is 24.1 Å². The molecule has 9 nitrogen and oxygen atoms in total. The van der Waals surface area contributed by atoms with E-state index < -0.39 is 0 Å². The van der Waals surface area contributed by atoms with Crippen LogP contribution in [0.3, 0.4) is 0 Å². The number of hydrogen-bond acceptors (Lipinski definition) is 7. The second kappa shape index (κ2) is 9.19. The number of anilines is 2. The fraction of sp³-hybridized carbons (Fsp3) is 0.231. The van der Waals surface area contributed by atoms with Crippen molar-refractivity contribution in [2.24, 2.45) is 0 Å². The Morgan fingerprint density at radius 2 is 1.94 bits per heavy atom. The molecular weight excluding hydrogens is 444 g/mol. The third-order valence-electron chi connectivity index (χ3n) is 5.96. The molecule has 0 bridgehead atoms. The number of fused-ring (bicyclic) bond motifs is 1. The number of nitrogens with one attached hydrogen (secondary N) is 3. The number of nitrogens with zero attached hydrogens (tertiary/aromatic N) is 3. The lowest BCUT2D eigenvalue weighted by molar-refractivity contribution is -0.123. The maximum absolute atomic E-state index is 12.0. The quantitative estimate of drug-likeness (QED) is 0.359. The van der Waals surface area contributed by atoms with Crippen molar-refractivity contribution in [1.82, 2.24) is 25.5 Å². The molecule has 176 valence electrons. The van der Waals surface area contributed by atoms with Gasteiger partial charge in [0.2, 0.25) is 0 Å². The lowest BCUT2D eigenvalue weighted by atomic mass is 10.1. The number of aromatic nitrogens is 4. The molecule has 0 atom stereocenters. The second-order valence-electron chi connectivity index (χ2n) is 8.66. The largest absolute Gasteiger partial charge is 0.484 e. The molecule has 0 saturated heterocycles. The van der Waals surface area contributed by atoms with Gasteiger partial charge in [-0.2, -0.15) is 5.10 Å². The Bertz CT molecular complexity index is 1350. The zero-order valence-corrected chi connectivity index (χ0v) is 19.0. The summed E-state index contributed by atoms with van der Waals surface area (Å²) in [6.07, 6.45) is 5.75. The summed E-state index contributed by atoms with van der Waals surface area (Å²) in [5, 5.41) is 13.2. The zero-order valence-electron chi connectivity index (χ0n) is 19.0. The van der Waals surface area contributed by atoms with Crippen LogP contribution in [-0.2, 0) is 22.7 Å². The summed E-state index contributed by atoms with van der Waals surface area (Å²) in [6, 6.07) is 15.9. The Labute approximate surface area is 201 Å². The van der Waals surface area contributed by atoms with Gasteiger partial charge >= 0.3 is 0 Å². The highest BCUT2D eigenvalue weighted by Gasteiger charge is 2.23. The molecule has 1 amide bonds. The molecule has 35 heavy (non-hydrogen) atoms. The highest BCUT2D eigenvalue weighted by Crippen LogP contribution is 2.31. The number of rotatable bonds is 8. The van der Waals surface area contributed by atoms with Crippen LogP contribution < -0.4 is 15.4 Å². The predicted molar refractivity (Wildman–Crippen MR) is 130 cm³/mol. The smallest absolute Gasteiger partial charge is 0.258 e. The van der Waals surface area contributed by atoms with Gasteiger partial charge < -0.3 is 20.1 Å². The molecule has 4 aromatic rings. The van der Waals surface area contributed by atoms with Gasteiger partial charge in [0.25, 0.3) is 5.91 Å². The molecule has 1 aliphatic heterocycles. The van der Waals surface area contributed by atoms with E-state index in [4.69, 9.17) is 19.4 Å². The van der Waals surface area contributed by atoms with E-state index in [-0.39, 0.29) is 12.5 Å². The van der Waals surface area contributed by atoms with Crippen molar-refractivity contribution >= 4 is 17.4 Å². The Morgan fingerprint density at radius 3 is 2.74 bits per heavy atom. The molecular formula is C26H24N6O3. The molecule has 1 fully saturated rings. The van der Waals surface area contributed by atoms with E-state index in [0.29, 0.717) is 36.6 Å². The average Bonchev–Trinajstić information content (AvgIpc) is 3.32. The van der Waals surface area contributed by atoms with Crippen LogP contribution in [0.5, 0.6) is 5.75 Å². The van der Waals surface area contributed by atoms with E-state index in [2.05, 4.69) is 20.8 Å². The Kier molecular flexibility index (Phi) is 5.59. The van der Waals surface area contributed by atoms with Gasteiger partial charge in [-0.05, 0) is 42.7 Å². The zero-order chi connectivity index (χ0) is 23.6. The maximum Gasteiger partial charge on any atom is 0.258 e. The Hall–Kier alpha value is -4.24. The van der Waals surface area contributed by atoms with Crippen molar-refractivity contribution in [3.8, 4) is 28.3 Å². The van der Waals surface area contributed by atoms with Crippen molar-refractivity contribution in [2.45, 2.75) is 32.1 Å². The molecule has 9 heteroatoms. The molecule has 3 N–H and O–H groups in total. The van der Waals surface area contributed by atoms with Gasteiger partial charge in [0.05, 0.1) is 25.1 Å². The maximum atomic E-state index is 12.0. The summed E-state index contributed by atoms with van der Waals surface area (Å²) >= 11 is 0. The topological polar surface area (TPSA) is 114 Å². The first kappa shape index (κ1) is 21.3. The number of carbonyl (C=O) groups is 1. The van der Waals surface area contributed by atoms with Crippen LogP contribution in [0.4, 0.5) is 11.5 Å². The molecule has 2 aromatic heterocycles. The summed E-state index contributed by atoms with van der Waals surface area (Å²) in [5.41, 5.74) is 5.64. The van der Waals surface area contributed by atoms with E-state index in [0.717, 1.165) is 46.5 Å². The minimum Gasteiger partial charge on any atom is -0.484 e. The highest BCUT2D eigenvalue weighted by atomic mass is 16.5. The van der Waals surface area contributed by atoms with Gasteiger partial charge in [0.15, 0.2) is 12.4 Å². The fourth-order valence-electron chi connectivity index (χ4n) is 3.95. The number of H-pyrrole nitrogens is 1. The first-order valence-corrected chi connectivity index (χ1v) is 11.6. The molecule has 0 spiro atoms. The summed E-state index contributed by atoms with van der Waals surface area (Å²) in [7, 11) is 0. The predicted octanol–water partition coefficient (Wildman–Crippen LogP) is 3.96. The molecule has 0 radical (unpaired) electrons. The average molecular weight is 469 g/mol. The molecule has 2 aromatic carbocycles. The van der Waals surface area contributed by atoms with Gasteiger partial charge in [-0.3, -0.25) is 9.89 Å². The van der Waals surface area contributed by atoms with Crippen LogP contribution in [0, 0.1) is 0 Å². The molecule has 2 aliphatic rings. The molecule has 6 rings (SSSR count). The van der Waals surface area contributed by atoms with E-state index in [1.165, 1.54) is 0 Å². The van der Waals surface area contributed by atoms with Gasteiger partial charge in [-0.15, -0.1) is 0 Å². The first-order valence-electron chi connectivity index (χ1n) is 11.6. The fourth-order valence-corrected chi connectivity index (χ4v) is 3.95. The number of aromatic amines is 1. The van der Waals surface area contributed by atoms with Gasteiger partial charge in [0, 0.05) is 34.6 Å². The normalized spacial score (nSPS) is 14.4. The minimum absolute atomic E-state index is 0.0134. The van der Waals surface area contributed by atoms with Crippen LogP contribution >= 0.6 is 0 Å². The van der Waals surface area contributed by atoms with Crippen molar-refractivity contribution in [3.05, 3.63) is 72.2 Å². The van der Waals surface area contributed by atoms with E-state index in [1.807, 2.05) is 54.7 Å². The first-order chi connectivity index (χ1) is 17.2. The lowest BCUT2D eigenvalue weighted by Gasteiger charge is -2.13. The second-order valence-corrected chi connectivity index (χ2v) is 8.66. The summed E-state index contributed by atoms with van der Waals surface area (Å²) in [5.74, 6) is 1.78. The molecule has 3 heterocycles. The molecule has 0 unspecified atom stereocenters. The van der Waals surface area contributed by atoms with E-state index >= 15 is 0 Å². The van der Waals surface area contributed by atoms with Crippen LogP contribution in [0.25, 0.3) is 22.5 Å². The van der Waals surface area contributed by atoms with Gasteiger partial charge in [0.1, 0.15) is 11.6 Å². The number of benzene rings is 2. The summed E-state index contributed by atoms with van der Waals surface area (Å²) < 4.78 is 11.4. The monoisotopic (exact) mass is 468 g/mol. The van der Waals surface area contributed by atoms with Crippen molar-refractivity contribution in [1.29, 1.82) is 0 Å². The number of carbonyl (C=O) groups excluding carboxylic acids is 1. The van der Waals surface area contributed by atoms with Crippen molar-refractivity contribution in [3.63, 3.8) is 0 Å². The summed E-state index contributed by atoms with van der Waals surface area (Å²) in [6.45, 7) is 0.890. The van der Waals surface area contributed by atoms with Crippen LogP contribution in [-0.4, -0.2) is 38.7 Å². The van der Waals surface area contributed by atoms with Crippen LogP contribution in [0.15, 0.2) is 60.9 Å². The number of amides is 1. The minimum atomic E-state index is -0.103. The van der Waals surface area contributed by atoms with E-state index in [1.54, 1.807) is 6.20 Å². The van der Waals surface area contributed by atoms with E-state index in [9.17, 15) is 4.79 Å². The van der Waals surface area contributed by atoms with Crippen LogP contribution in [0.2, 0.25) is 0 Å². The molecule has 1 saturated carbocycles. The highest BCUT2D eigenvalue weighted by molar-refractivity contribution is 5.78. The van der Waals surface area contributed by atoms with Crippen molar-refractivity contribution < 1.29 is 14.3 Å². The number of ether oxygens (including phenoxy) is 2. The summed E-state index contributed by atoms with van der Waals surface area (Å²) in [4.78, 5) is 21.5. The Balaban J connectivity index is 1.22.